The first-order chi connectivity index (χ1) is 15.0. The highest BCUT2D eigenvalue weighted by molar-refractivity contribution is 6.11. The third kappa shape index (κ3) is 2.87. The molecule has 1 amide bonds. The maximum absolute atomic E-state index is 13.1. The molecule has 6 heteroatoms. The summed E-state index contributed by atoms with van der Waals surface area (Å²) in [5.41, 5.74) is 2.74. The fraction of sp³-hybridized carbons (Fsp3) is 0.120. The fourth-order valence-electron chi connectivity index (χ4n) is 4.05. The van der Waals surface area contributed by atoms with Crippen molar-refractivity contribution < 1.29 is 9.21 Å². The van der Waals surface area contributed by atoms with Gasteiger partial charge in [0.05, 0.1) is 11.4 Å². The Balaban J connectivity index is 1.59. The number of para-hydroxylation sites is 1. The van der Waals surface area contributed by atoms with Gasteiger partial charge in [-0.15, -0.1) is 0 Å². The Labute approximate surface area is 178 Å². The van der Waals surface area contributed by atoms with Gasteiger partial charge in [0.1, 0.15) is 11.3 Å². The molecule has 0 spiro atoms. The highest BCUT2D eigenvalue weighted by Crippen LogP contribution is 2.32. The van der Waals surface area contributed by atoms with Gasteiger partial charge in [-0.2, -0.15) is 0 Å². The smallest absolute Gasteiger partial charge is 0.295 e. The van der Waals surface area contributed by atoms with Crippen molar-refractivity contribution in [3.05, 3.63) is 94.1 Å². The van der Waals surface area contributed by atoms with Crippen LogP contribution in [0.4, 0.5) is 5.69 Å². The van der Waals surface area contributed by atoms with Gasteiger partial charge < -0.3 is 9.73 Å². The molecule has 6 nitrogen and oxygen atoms in total. The third-order valence-electron chi connectivity index (χ3n) is 5.83. The van der Waals surface area contributed by atoms with E-state index in [2.05, 4.69) is 5.32 Å². The van der Waals surface area contributed by atoms with Gasteiger partial charge >= 0.3 is 0 Å². The summed E-state index contributed by atoms with van der Waals surface area (Å²) in [7, 11) is 1.79. The number of aryl methyl sites for hydroxylation is 1. The van der Waals surface area contributed by atoms with E-state index in [4.69, 9.17) is 4.42 Å². The maximum atomic E-state index is 13.1. The van der Waals surface area contributed by atoms with E-state index in [1.165, 1.54) is 4.68 Å². The van der Waals surface area contributed by atoms with E-state index >= 15 is 0 Å². The molecular formula is C25H21N3O3. The van der Waals surface area contributed by atoms with Crippen molar-refractivity contribution in [2.24, 2.45) is 7.05 Å². The number of rotatable bonds is 3. The van der Waals surface area contributed by atoms with Crippen LogP contribution in [0.3, 0.4) is 0 Å². The lowest BCUT2D eigenvalue weighted by atomic mass is 10.1. The number of fused-ring (bicyclic) bond motifs is 3. The minimum absolute atomic E-state index is 0.209. The predicted octanol–water partition coefficient (Wildman–Crippen LogP) is 4.94. The topological polar surface area (TPSA) is 69.2 Å². The van der Waals surface area contributed by atoms with Gasteiger partial charge in [-0.1, -0.05) is 54.6 Å². The van der Waals surface area contributed by atoms with E-state index in [0.717, 1.165) is 27.4 Å². The van der Waals surface area contributed by atoms with E-state index in [0.29, 0.717) is 11.3 Å². The van der Waals surface area contributed by atoms with E-state index in [1.807, 2.05) is 73.7 Å². The average molecular weight is 411 g/mol. The molecular weight excluding hydrogens is 390 g/mol. The van der Waals surface area contributed by atoms with Crippen LogP contribution in [-0.2, 0) is 7.05 Å². The van der Waals surface area contributed by atoms with Gasteiger partial charge in [-0.3, -0.25) is 14.3 Å². The summed E-state index contributed by atoms with van der Waals surface area (Å²) in [6, 6.07) is 21.2. The van der Waals surface area contributed by atoms with Crippen LogP contribution in [0.1, 0.15) is 21.8 Å². The molecule has 31 heavy (non-hydrogen) atoms. The molecule has 5 aromatic rings. The van der Waals surface area contributed by atoms with Gasteiger partial charge in [-0.05, 0) is 31.4 Å². The summed E-state index contributed by atoms with van der Waals surface area (Å²) in [6.45, 7) is 3.66. The molecule has 0 radical (unpaired) electrons. The number of hydrogen-bond donors (Lipinski definition) is 1. The summed E-state index contributed by atoms with van der Waals surface area (Å²) in [5, 5.41) is 5.66. The number of anilines is 1. The molecule has 0 aliphatic heterocycles. The second-order valence-electron chi connectivity index (χ2n) is 7.61. The van der Waals surface area contributed by atoms with E-state index in [1.54, 1.807) is 18.7 Å². The van der Waals surface area contributed by atoms with Crippen LogP contribution in [0.15, 0.2) is 75.9 Å². The molecule has 3 aromatic carbocycles. The van der Waals surface area contributed by atoms with Crippen LogP contribution in [0.25, 0.3) is 27.4 Å². The number of nitrogens with one attached hydrogen (secondary N) is 1. The Kier molecular flexibility index (Phi) is 4.29. The van der Waals surface area contributed by atoms with Gasteiger partial charge in [0.2, 0.25) is 0 Å². The molecule has 0 unspecified atom stereocenters. The first kappa shape index (κ1) is 18.9. The molecule has 2 heterocycles. The molecule has 0 aliphatic rings. The van der Waals surface area contributed by atoms with Crippen molar-refractivity contribution in [1.82, 2.24) is 9.36 Å². The molecule has 5 rings (SSSR count). The maximum Gasteiger partial charge on any atom is 0.295 e. The second-order valence-corrected chi connectivity index (χ2v) is 7.61. The first-order valence-corrected chi connectivity index (χ1v) is 10.0. The molecule has 1 N–H and O–H groups in total. The number of benzene rings is 3. The van der Waals surface area contributed by atoms with Crippen molar-refractivity contribution in [2.45, 2.75) is 13.8 Å². The summed E-state index contributed by atoms with van der Waals surface area (Å²) in [5.74, 6) is -0.232. The number of aromatic nitrogens is 2. The molecule has 0 saturated heterocycles. The highest BCUT2D eigenvalue weighted by Gasteiger charge is 2.23. The monoisotopic (exact) mass is 411 g/mol. The van der Waals surface area contributed by atoms with Crippen LogP contribution in [-0.4, -0.2) is 15.3 Å². The zero-order valence-corrected chi connectivity index (χ0v) is 17.5. The fourth-order valence-corrected chi connectivity index (χ4v) is 4.05. The molecule has 154 valence electrons. The predicted molar refractivity (Wildman–Crippen MR) is 122 cm³/mol. The number of nitrogens with zero attached hydrogens (tertiary/aromatic N) is 2. The summed E-state index contributed by atoms with van der Waals surface area (Å²) in [6.07, 6.45) is 0. The molecule has 0 fully saturated rings. The minimum atomic E-state index is -0.441. The largest absolute Gasteiger partial charge is 0.450 e. The van der Waals surface area contributed by atoms with Gasteiger partial charge in [-0.25, -0.2) is 4.68 Å². The van der Waals surface area contributed by atoms with Crippen LogP contribution < -0.4 is 10.9 Å². The summed E-state index contributed by atoms with van der Waals surface area (Å²) in [4.78, 5) is 26.2. The van der Waals surface area contributed by atoms with Crippen molar-refractivity contribution in [3.8, 4) is 5.69 Å². The van der Waals surface area contributed by atoms with Gasteiger partial charge in [0.25, 0.3) is 11.5 Å². The number of furan rings is 1. The standard InChI is InChI=1S/C25H21N3O3/c1-15-19-14-13-17-9-7-8-12-20(17)23(19)31-22(15)24(29)26-21-16(2)27(3)28(25(21)30)18-10-5-4-6-11-18/h4-14H,1-3H3,(H,26,29). The van der Waals surface area contributed by atoms with E-state index in [9.17, 15) is 9.59 Å². The quantitative estimate of drug-likeness (QED) is 0.457. The average Bonchev–Trinajstić information content (AvgIpc) is 3.24. The van der Waals surface area contributed by atoms with Crippen molar-refractivity contribution in [2.75, 3.05) is 5.32 Å². The van der Waals surface area contributed by atoms with Crippen LogP contribution in [0, 0.1) is 13.8 Å². The Hall–Kier alpha value is -4.06. The Bertz CT molecular complexity index is 1520. The van der Waals surface area contributed by atoms with Crippen LogP contribution >= 0.6 is 0 Å². The SMILES string of the molecule is Cc1c(C(=O)Nc2c(C)n(C)n(-c3ccccc3)c2=O)oc2c1ccc1ccccc12. The number of amides is 1. The Morgan fingerprint density at radius 3 is 2.39 bits per heavy atom. The zero-order valence-electron chi connectivity index (χ0n) is 17.5. The molecule has 2 aromatic heterocycles. The van der Waals surface area contributed by atoms with E-state index < -0.39 is 5.91 Å². The van der Waals surface area contributed by atoms with Crippen LogP contribution in [0.5, 0.6) is 0 Å². The first-order valence-electron chi connectivity index (χ1n) is 10.0. The summed E-state index contributed by atoms with van der Waals surface area (Å²) >= 11 is 0. The third-order valence-corrected chi connectivity index (χ3v) is 5.83. The number of hydrogen-bond acceptors (Lipinski definition) is 3. The lowest BCUT2D eigenvalue weighted by Gasteiger charge is -2.07. The summed E-state index contributed by atoms with van der Waals surface area (Å²) < 4.78 is 9.28. The van der Waals surface area contributed by atoms with Crippen molar-refractivity contribution in [3.63, 3.8) is 0 Å². The van der Waals surface area contributed by atoms with Crippen molar-refractivity contribution >= 4 is 33.3 Å². The lowest BCUT2D eigenvalue weighted by molar-refractivity contribution is 0.0998. The highest BCUT2D eigenvalue weighted by atomic mass is 16.3. The van der Waals surface area contributed by atoms with Crippen molar-refractivity contribution in [1.29, 1.82) is 0 Å². The molecule has 0 bridgehead atoms. The molecule has 0 saturated carbocycles. The Morgan fingerprint density at radius 1 is 0.903 bits per heavy atom. The zero-order chi connectivity index (χ0) is 21.7. The molecule has 0 aliphatic carbocycles. The normalized spacial score (nSPS) is 11.3. The van der Waals surface area contributed by atoms with Gasteiger partial charge in [0.15, 0.2) is 5.76 Å². The second kappa shape index (κ2) is 7.02. The Morgan fingerprint density at radius 2 is 1.61 bits per heavy atom. The number of carbonyl (C=O) groups is 1. The number of carbonyl (C=O) groups excluding carboxylic acids is 1. The molecule has 0 atom stereocenters. The van der Waals surface area contributed by atoms with Gasteiger partial charge in [0, 0.05) is 23.4 Å². The van der Waals surface area contributed by atoms with Crippen LogP contribution in [0.2, 0.25) is 0 Å². The minimum Gasteiger partial charge on any atom is -0.450 e. The van der Waals surface area contributed by atoms with E-state index in [-0.39, 0.29) is 17.0 Å². The lowest BCUT2D eigenvalue weighted by Crippen LogP contribution is -2.23.